The van der Waals surface area contributed by atoms with Crippen LogP contribution in [0.25, 0.3) is 0 Å². The molecular formula is C33H42Cl2FN3O3. The molecule has 0 saturated carbocycles. The zero-order chi connectivity index (χ0) is 30.6. The van der Waals surface area contributed by atoms with Gasteiger partial charge in [0.25, 0.3) is 0 Å². The first kappa shape index (κ1) is 31.4. The second kappa shape index (κ2) is 11.5. The molecule has 0 aliphatic carbocycles. The molecule has 2 fully saturated rings. The molecule has 228 valence electrons. The van der Waals surface area contributed by atoms with Crippen molar-refractivity contribution in [2.24, 2.45) is 11.3 Å². The van der Waals surface area contributed by atoms with Gasteiger partial charge in [-0.15, -0.1) is 0 Å². The van der Waals surface area contributed by atoms with Crippen molar-refractivity contribution in [3.8, 4) is 0 Å². The number of aliphatic hydroxyl groups is 1. The first-order chi connectivity index (χ1) is 19.6. The molecule has 1 amide bonds. The van der Waals surface area contributed by atoms with Crippen molar-refractivity contribution in [3.63, 3.8) is 0 Å². The van der Waals surface area contributed by atoms with Crippen LogP contribution in [-0.2, 0) is 15.0 Å². The molecule has 3 aliphatic rings. The second-order valence-corrected chi connectivity index (χ2v) is 15.1. The summed E-state index contributed by atoms with van der Waals surface area (Å²) in [5, 5.41) is 17.3. The molecule has 2 aromatic carbocycles. The maximum Gasteiger partial charge on any atom is 0.237 e. The highest BCUT2D eigenvalue weighted by molar-refractivity contribution is 6.31. The first-order valence-electron chi connectivity index (χ1n) is 14.9. The minimum absolute atomic E-state index is 0.0219. The quantitative estimate of drug-likeness (QED) is 0.338. The van der Waals surface area contributed by atoms with E-state index in [1.165, 1.54) is 6.07 Å². The number of Topliss-reactive ketones (excluding diaryl/α,β-unsaturated/α-hetero) is 1. The summed E-state index contributed by atoms with van der Waals surface area (Å²) in [5.74, 6) is -1.53. The maximum absolute atomic E-state index is 15.9. The highest BCUT2D eigenvalue weighted by Gasteiger charge is 2.66. The number of ketones is 1. The van der Waals surface area contributed by atoms with E-state index in [4.69, 9.17) is 23.2 Å². The van der Waals surface area contributed by atoms with E-state index in [1.54, 1.807) is 38.1 Å². The summed E-state index contributed by atoms with van der Waals surface area (Å²) in [6.07, 6.45) is 2.59. The molecule has 4 atom stereocenters. The van der Waals surface area contributed by atoms with Crippen molar-refractivity contribution in [2.75, 3.05) is 25.0 Å². The van der Waals surface area contributed by atoms with Gasteiger partial charge >= 0.3 is 0 Å². The van der Waals surface area contributed by atoms with E-state index >= 15 is 4.39 Å². The Balaban J connectivity index is 1.55. The lowest BCUT2D eigenvalue weighted by molar-refractivity contribution is -0.123. The predicted molar refractivity (Wildman–Crippen MR) is 166 cm³/mol. The molecule has 0 aromatic heterocycles. The van der Waals surface area contributed by atoms with Crippen LogP contribution in [0.2, 0.25) is 10.0 Å². The van der Waals surface area contributed by atoms with Crippen molar-refractivity contribution < 1.29 is 19.1 Å². The van der Waals surface area contributed by atoms with Gasteiger partial charge in [-0.05, 0) is 86.9 Å². The molecule has 3 aliphatic heterocycles. The second-order valence-electron chi connectivity index (χ2n) is 14.3. The number of β-amino-alcohol motifs (C(OH)–C–C–N with tert-alkyl or cyclic N) is 1. The molecule has 9 heteroatoms. The number of rotatable bonds is 7. The Morgan fingerprint density at radius 2 is 1.81 bits per heavy atom. The molecule has 2 aromatic rings. The van der Waals surface area contributed by atoms with Crippen molar-refractivity contribution in [1.29, 1.82) is 0 Å². The molecule has 5 rings (SSSR count). The number of nitrogens with one attached hydrogen (secondary N) is 2. The van der Waals surface area contributed by atoms with Crippen LogP contribution in [0.5, 0.6) is 0 Å². The fourth-order valence-electron chi connectivity index (χ4n) is 7.51. The summed E-state index contributed by atoms with van der Waals surface area (Å²) in [7, 11) is 0. The monoisotopic (exact) mass is 617 g/mol. The van der Waals surface area contributed by atoms with E-state index < -0.39 is 34.8 Å². The number of carbonyl (C=O) groups is 2. The van der Waals surface area contributed by atoms with Gasteiger partial charge in [-0.1, -0.05) is 62.2 Å². The number of hydrogen-bond acceptors (Lipinski definition) is 5. The minimum atomic E-state index is -1.24. The zero-order valence-corrected chi connectivity index (χ0v) is 26.6. The number of nitrogens with zero attached hydrogens (tertiary/aromatic N) is 1. The summed E-state index contributed by atoms with van der Waals surface area (Å²) in [4.78, 5) is 30.8. The van der Waals surface area contributed by atoms with E-state index in [0.29, 0.717) is 30.1 Å². The molecule has 6 nitrogen and oxygen atoms in total. The number of carbonyl (C=O) groups excluding carboxylic acids is 2. The third kappa shape index (κ3) is 6.00. The Hall–Kier alpha value is -2.03. The number of anilines is 1. The van der Waals surface area contributed by atoms with Gasteiger partial charge in [-0.25, -0.2) is 4.39 Å². The van der Waals surface area contributed by atoms with Crippen LogP contribution in [0, 0.1) is 17.2 Å². The smallest absolute Gasteiger partial charge is 0.237 e. The van der Waals surface area contributed by atoms with E-state index in [2.05, 4.69) is 36.3 Å². The highest BCUT2D eigenvalue weighted by Crippen LogP contribution is 2.57. The minimum Gasteiger partial charge on any atom is -0.389 e. The lowest BCUT2D eigenvalue weighted by Crippen LogP contribution is -2.49. The summed E-state index contributed by atoms with van der Waals surface area (Å²) < 4.78 is 15.9. The lowest BCUT2D eigenvalue weighted by atomic mass is 9.62. The molecule has 2 saturated heterocycles. The highest BCUT2D eigenvalue weighted by atomic mass is 35.5. The van der Waals surface area contributed by atoms with Crippen LogP contribution < -0.4 is 10.6 Å². The number of hydrogen-bond donors (Lipinski definition) is 3. The Bertz CT molecular complexity index is 1360. The fourth-order valence-corrected chi connectivity index (χ4v) is 7.87. The van der Waals surface area contributed by atoms with Gasteiger partial charge in [0.1, 0.15) is 11.2 Å². The molecule has 1 spiro atoms. The number of piperidine rings is 1. The summed E-state index contributed by atoms with van der Waals surface area (Å²) in [6, 6.07) is 8.92. The topological polar surface area (TPSA) is 81.7 Å². The van der Waals surface area contributed by atoms with E-state index in [0.717, 1.165) is 31.5 Å². The summed E-state index contributed by atoms with van der Waals surface area (Å²) >= 11 is 12.6. The Morgan fingerprint density at radius 3 is 2.45 bits per heavy atom. The van der Waals surface area contributed by atoms with Gasteiger partial charge in [0.15, 0.2) is 5.78 Å². The molecule has 3 N–H and O–H groups in total. The zero-order valence-electron chi connectivity index (χ0n) is 25.1. The van der Waals surface area contributed by atoms with Gasteiger partial charge in [0.05, 0.1) is 16.7 Å². The Kier molecular flexibility index (Phi) is 8.58. The third-order valence-corrected chi connectivity index (χ3v) is 9.62. The standard InChI is InChI=1S/C33H42Cl2FN3O3/c1-31(2,3)17-26-33(22-10-9-20(34)16-24(22)37-30(33)41)27(21-7-6-8-23(35)28(21)36)29(38-26)25(40)15-19-11-13-39(14-12-19)18-32(4,5)42/h6-10,16,19,26-27,29,38,42H,11-15,17-18H2,1-5H3,(H,37,41)/t26-,27+,29+,33+/m1/s1. The molecule has 3 heterocycles. The lowest BCUT2D eigenvalue weighted by Gasteiger charge is -2.38. The average molecular weight is 619 g/mol. The van der Waals surface area contributed by atoms with E-state index in [-0.39, 0.29) is 33.6 Å². The van der Waals surface area contributed by atoms with Crippen LogP contribution in [0.3, 0.4) is 0 Å². The summed E-state index contributed by atoms with van der Waals surface area (Å²) in [6.45, 7) is 12.1. The number of fused-ring (bicyclic) bond motifs is 2. The maximum atomic E-state index is 15.9. The molecule has 0 radical (unpaired) electrons. The van der Waals surface area contributed by atoms with Gasteiger partial charge in [-0.3, -0.25) is 9.59 Å². The fraction of sp³-hybridized carbons (Fsp3) is 0.576. The van der Waals surface area contributed by atoms with E-state index in [1.807, 2.05) is 6.07 Å². The SMILES string of the molecule is CC(C)(C)C[C@H]1N[C@@H](C(=O)CC2CCN(CC(C)(C)O)CC2)[C@H](c2cccc(Cl)c2F)[C@@]12C(=O)Nc1cc(Cl)ccc12. The summed E-state index contributed by atoms with van der Waals surface area (Å²) in [5.41, 5.74) is -0.629. The number of likely N-dealkylation sites (tertiary alicyclic amines) is 1. The van der Waals surface area contributed by atoms with Crippen molar-refractivity contribution in [2.45, 2.75) is 89.3 Å². The largest absolute Gasteiger partial charge is 0.389 e. The van der Waals surface area contributed by atoms with Gasteiger partial charge in [-0.2, -0.15) is 0 Å². The van der Waals surface area contributed by atoms with Gasteiger partial charge < -0.3 is 20.6 Å². The molecule has 0 bridgehead atoms. The van der Waals surface area contributed by atoms with E-state index in [9.17, 15) is 14.7 Å². The third-order valence-electron chi connectivity index (χ3n) is 9.09. The van der Waals surface area contributed by atoms with Crippen LogP contribution in [-0.4, -0.2) is 59.0 Å². The molecule has 42 heavy (non-hydrogen) atoms. The van der Waals surface area contributed by atoms with Crippen LogP contribution in [0.1, 0.15) is 77.3 Å². The molecular weight excluding hydrogens is 576 g/mol. The van der Waals surface area contributed by atoms with Crippen LogP contribution in [0.15, 0.2) is 36.4 Å². The van der Waals surface area contributed by atoms with Crippen molar-refractivity contribution in [1.82, 2.24) is 10.2 Å². The van der Waals surface area contributed by atoms with Gasteiger partial charge in [0.2, 0.25) is 5.91 Å². The number of amides is 1. The Morgan fingerprint density at radius 1 is 1.12 bits per heavy atom. The number of benzene rings is 2. The Labute approximate surface area is 258 Å². The average Bonchev–Trinajstić information content (AvgIpc) is 3.35. The number of halogens is 3. The normalized spacial score (nSPS) is 27.0. The van der Waals surface area contributed by atoms with Crippen LogP contribution >= 0.6 is 23.2 Å². The van der Waals surface area contributed by atoms with Crippen molar-refractivity contribution in [3.05, 3.63) is 63.4 Å². The molecule has 0 unspecified atom stereocenters. The predicted octanol–water partition coefficient (Wildman–Crippen LogP) is 6.32. The van der Waals surface area contributed by atoms with Crippen LogP contribution in [0.4, 0.5) is 10.1 Å². The van der Waals surface area contributed by atoms with Crippen molar-refractivity contribution >= 4 is 40.6 Å². The first-order valence-corrected chi connectivity index (χ1v) is 15.6. The van der Waals surface area contributed by atoms with Gasteiger partial charge in [0, 0.05) is 35.6 Å².